The molecule has 7 heteroatoms. The molecular weight excluding hydrogens is 340 g/mol. The van der Waals surface area contributed by atoms with Crippen molar-refractivity contribution in [2.45, 2.75) is 38.7 Å². The molecule has 2 aromatic rings. The number of aromatic nitrogens is 1. The van der Waals surface area contributed by atoms with Crippen molar-refractivity contribution >= 4 is 16.8 Å². The number of alkyl halides is 2. The molecule has 1 aliphatic rings. The molecule has 0 radical (unpaired) electrons. The zero-order chi connectivity index (χ0) is 18.4. The maximum absolute atomic E-state index is 12.3. The Morgan fingerprint density at radius 2 is 2.04 bits per heavy atom. The van der Waals surface area contributed by atoms with E-state index in [4.69, 9.17) is 0 Å². The summed E-state index contributed by atoms with van der Waals surface area (Å²) in [6, 6.07) is 6.30. The number of hydrogen-bond acceptors (Lipinski definition) is 3. The second-order valence-corrected chi connectivity index (χ2v) is 6.76. The first-order chi connectivity index (χ1) is 12.6. The van der Waals surface area contributed by atoms with Gasteiger partial charge in [0.05, 0.1) is 0 Å². The molecule has 142 valence electrons. The summed E-state index contributed by atoms with van der Waals surface area (Å²) in [5, 5.41) is 7.06. The maximum Gasteiger partial charge on any atom is 0.387 e. The van der Waals surface area contributed by atoms with E-state index in [1.165, 1.54) is 31.4 Å². The molecule has 0 unspecified atom stereocenters. The van der Waals surface area contributed by atoms with Gasteiger partial charge in [0.1, 0.15) is 11.4 Å². The molecule has 1 aromatic heterocycles. The van der Waals surface area contributed by atoms with E-state index in [1.54, 1.807) is 12.1 Å². The van der Waals surface area contributed by atoms with E-state index >= 15 is 0 Å². The van der Waals surface area contributed by atoms with Gasteiger partial charge in [0, 0.05) is 23.5 Å². The number of piperidine rings is 1. The number of ether oxygens (including phenoxy) is 1. The highest BCUT2D eigenvalue weighted by Gasteiger charge is 2.13. The van der Waals surface area contributed by atoms with Crippen LogP contribution in [0.15, 0.2) is 24.3 Å². The molecule has 1 fully saturated rings. The van der Waals surface area contributed by atoms with Gasteiger partial charge in [-0.05, 0) is 56.5 Å². The summed E-state index contributed by atoms with van der Waals surface area (Å²) < 4.78 is 28.9. The van der Waals surface area contributed by atoms with Crippen molar-refractivity contribution in [3.8, 4) is 5.75 Å². The van der Waals surface area contributed by atoms with Crippen LogP contribution in [-0.4, -0.2) is 37.1 Å². The number of carbonyl (C=O) groups is 1. The number of fused-ring (bicyclic) bond motifs is 1. The number of nitrogens with one attached hydrogen (secondary N) is 3. The van der Waals surface area contributed by atoms with Gasteiger partial charge in [0.15, 0.2) is 0 Å². The van der Waals surface area contributed by atoms with Gasteiger partial charge in [-0.25, -0.2) is 0 Å². The SMILES string of the molecule is O=C(NCCCCC1CCNCC1)c1cc2ccc(OC(F)F)cc2[nH]1. The van der Waals surface area contributed by atoms with Gasteiger partial charge in [-0.15, -0.1) is 0 Å². The standard InChI is InChI=1S/C19H25F2N3O2/c20-19(21)26-15-5-4-14-11-17(24-16(14)12-15)18(25)23-8-2-1-3-13-6-9-22-10-7-13/h4-5,11-13,19,22,24H,1-3,6-10H2,(H,23,25). The molecule has 3 N–H and O–H groups in total. The van der Waals surface area contributed by atoms with Gasteiger partial charge in [0.25, 0.3) is 5.91 Å². The molecule has 3 rings (SSSR count). The van der Waals surface area contributed by atoms with Gasteiger partial charge >= 0.3 is 6.61 Å². The minimum atomic E-state index is -2.87. The van der Waals surface area contributed by atoms with Crippen LogP contribution in [0.25, 0.3) is 10.9 Å². The number of H-pyrrole nitrogens is 1. The van der Waals surface area contributed by atoms with Crippen LogP contribution in [-0.2, 0) is 0 Å². The third-order valence-electron chi connectivity index (χ3n) is 4.85. The summed E-state index contributed by atoms with van der Waals surface area (Å²) in [5.41, 5.74) is 1.02. The molecule has 1 aromatic carbocycles. The molecule has 0 spiro atoms. The largest absolute Gasteiger partial charge is 0.435 e. The zero-order valence-corrected chi connectivity index (χ0v) is 14.7. The number of aromatic amines is 1. The predicted molar refractivity (Wildman–Crippen MR) is 96.7 cm³/mol. The Hall–Kier alpha value is -2.15. The van der Waals surface area contributed by atoms with Crippen molar-refractivity contribution in [2.24, 2.45) is 5.92 Å². The average molecular weight is 365 g/mol. The fraction of sp³-hybridized carbons (Fsp3) is 0.526. The lowest BCUT2D eigenvalue weighted by molar-refractivity contribution is -0.0497. The maximum atomic E-state index is 12.3. The summed E-state index contributed by atoms with van der Waals surface area (Å²) >= 11 is 0. The molecule has 2 heterocycles. The molecule has 0 saturated carbocycles. The first-order valence-corrected chi connectivity index (χ1v) is 9.18. The summed E-state index contributed by atoms with van der Waals surface area (Å²) in [5.74, 6) is 0.698. The van der Waals surface area contributed by atoms with Crippen molar-refractivity contribution < 1.29 is 18.3 Å². The molecule has 0 atom stereocenters. The predicted octanol–water partition coefficient (Wildman–Crippen LogP) is 3.67. The van der Waals surface area contributed by atoms with Crippen LogP contribution in [0.5, 0.6) is 5.75 Å². The van der Waals surface area contributed by atoms with Crippen LogP contribution < -0.4 is 15.4 Å². The number of hydrogen-bond donors (Lipinski definition) is 3. The van der Waals surface area contributed by atoms with Crippen molar-refractivity contribution in [1.82, 2.24) is 15.6 Å². The Bertz CT molecular complexity index is 727. The van der Waals surface area contributed by atoms with Crippen LogP contribution in [0.2, 0.25) is 0 Å². The zero-order valence-electron chi connectivity index (χ0n) is 14.7. The molecule has 0 bridgehead atoms. The Kier molecular flexibility index (Phi) is 6.44. The third-order valence-corrected chi connectivity index (χ3v) is 4.85. The van der Waals surface area contributed by atoms with E-state index in [0.29, 0.717) is 17.8 Å². The highest BCUT2D eigenvalue weighted by molar-refractivity contribution is 5.98. The van der Waals surface area contributed by atoms with Crippen molar-refractivity contribution in [1.29, 1.82) is 0 Å². The number of carbonyl (C=O) groups excluding carboxylic acids is 1. The number of amides is 1. The van der Waals surface area contributed by atoms with Crippen molar-refractivity contribution in [3.63, 3.8) is 0 Å². The monoisotopic (exact) mass is 365 g/mol. The second-order valence-electron chi connectivity index (χ2n) is 6.76. The summed E-state index contributed by atoms with van der Waals surface area (Å²) in [7, 11) is 0. The molecule has 5 nitrogen and oxygen atoms in total. The first-order valence-electron chi connectivity index (χ1n) is 9.18. The van der Waals surface area contributed by atoms with Gasteiger partial charge in [0.2, 0.25) is 0 Å². The number of halogens is 2. The Labute approximate surface area is 151 Å². The Morgan fingerprint density at radius 1 is 1.23 bits per heavy atom. The summed E-state index contributed by atoms with van der Waals surface area (Å²) in [6.07, 6.45) is 5.79. The normalized spacial score (nSPS) is 15.5. The van der Waals surface area contributed by atoms with Gasteiger partial charge in [-0.1, -0.05) is 12.8 Å². The van der Waals surface area contributed by atoms with Crippen molar-refractivity contribution in [2.75, 3.05) is 19.6 Å². The fourth-order valence-corrected chi connectivity index (χ4v) is 3.43. The minimum absolute atomic E-state index is 0.0687. The summed E-state index contributed by atoms with van der Waals surface area (Å²) in [4.78, 5) is 15.2. The van der Waals surface area contributed by atoms with E-state index in [0.717, 1.165) is 37.2 Å². The van der Waals surface area contributed by atoms with Crippen LogP contribution in [0.3, 0.4) is 0 Å². The number of benzene rings is 1. The summed E-state index contributed by atoms with van der Waals surface area (Å²) in [6.45, 7) is 0.00596. The Morgan fingerprint density at radius 3 is 2.81 bits per heavy atom. The van der Waals surface area contributed by atoms with E-state index in [1.807, 2.05) is 0 Å². The molecular formula is C19H25F2N3O2. The fourth-order valence-electron chi connectivity index (χ4n) is 3.43. The number of unbranched alkanes of at least 4 members (excludes halogenated alkanes) is 1. The Balaban J connectivity index is 1.45. The van der Waals surface area contributed by atoms with Gasteiger partial charge in [-0.3, -0.25) is 4.79 Å². The van der Waals surface area contributed by atoms with Gasteiger partial charge < -0.3 is 20.4 Å². The molecule has 0 aliphatic carbocycles. The van der Waals surface area contributed by atoms with Crippen LogP contribution in [0.1, 0.15) is 42.6 Å². The van der Waals surface area contributed by atoms with Gasteiger partial charge in [-0.2, -0.15) is 8.78 Å². The van der Waals surface area contributed by atoms with E-state index in [2.05, 4.69) is 20.4 Å². The smallest absolute Gasteiger partial charge is 0.387 e. The quantitative estimate of drug-likeness (QED) is 0.626. The molecule has 26 heavy (non-hydrogen) atoms. The average Bonchev–Trinajstić information content (AvgIpc) is 3.05. The van der Waals surface area contributed by atoms with Crippen molar-refractivity contribution in [3.05, 3.63) is 30.0 Å². The van der Waals surface area contributed by atoms with Crippen LogP contribution >= 0.6 is 0 Å². The lowest BCUT2D eigenvalue weighted by Crippen LogP contribution is -2.28. The van der Waals surface area contributed by atoms with E-state index in [9.17, 15) is 13.6 Å². The van der Waals surface area contributed by atoms with E-state index in [-0.39, 0.29) is 11.7 Å². The molecule has 1 aliphatic heterocycles. The lowest BCUT2D eigenvalue weighted by atomic mass is 9.92. The van der Waals surface area contributed by atoms with Crippen LogP contribution in [0, 0.1) is 5.92 Å². The number of rotatable bonds is 8. The topological polar surface area (TPSA) is 66.2 Å². The lowest BCUT2D eigenvalue weighted by Gasteiger charge is -2.22. The second kappa shape index (κ2) is 8.98. The first kappa shape index (κ1) is 18.6. The highest BCUT2D eigenvalue weighted by atomic mass is 19.3. The van der Waals surface area contributed by atoms with E-state index < -0.39 is 6.61 Å². The highest BCUT2D eigenvalue weighted by Crippen LogP contribution is 2.23. The minimum Gasteiger partial charge on any atom is -0.435 e. The molecule has 1 amide bonds. The van der Waals surface area contributed by atoms with Crippen LogP contribution in [0.4, 0.5) is 8.78 Å². The third kappa shape index (κ3) is 5.17. The molecule has 1 saturated heterocycles.